The number of hydrogen-bond donors (Lipinski definition) is 2. The van der Waals surface area contributed by atoms with Crippen LogP contribution in [0.2, 0.25) is 0 Å². The van der Waals surface area contributed by atoms with Crippen molar-refractivity contribution >= 4 is 37.3 Å². The van der Waals surface area contributed by atoms with E-state index in [9.17, 15) is 13.5 Å². The minimum atomic E-state index is -3.61. The van der Waals surface area contributed by atoms with Gasteiger partial charge >= 0.3 is 0 Å². The van der Waals surface area contributed by atoms with Gasteiger partial charge in [0.25, 0.3) is 0 Å². The monoisotopic (exact) mass is 361 g/mol. The van der Waals surface area contributed by atoms with Crippen molar-refractivity contribution in [1.82, 2.24) is 4.72 Å². The fourth-order valence-corrected chi connectivity index (χ4v) is 3.83. The highest BCUT2D eigenvalue weighted by molar-refractivity contribution is 9.10. The molecule has 19 heavy (non-hydrogen) atoms. The lowest BCUT2D eigenvalue weighted by atomic mass is 10.2. The smallest absolute Gasteiger partial charge is 0.240 e. The quantitative estimate of drug-likeness (QED) is 0.859. The second-order valence-electron chi connectivity index (χ2n) is 3.88. The first kappa shape index (κ1) is 14.7. The second-order valence-corrected chi connectivity index (χ2v) is 7.34. The third-order valence-corrected chi connectivity index (χ3v) is 5.12. The summed E-state index contributed by atoms with van der Waals surface area (Å²) in [7, 11) is -3.61. The van der Waals surface area contributed by atoms with Gasteiger partial charge in [0.05, 0.1) is 11.0 Å². The van der Waals surface area contributed by atoms with Crippen molar-refractivity contribution in [3.05, 3.63) is 51.1 Å². The Labute approximate surface area is 124 Å². The van der Waals surface area contributed by atoms with Crippen LogP contribution >= 0.6 is 27.3 Å². The molecule has 0 saturated heterocycles. The molecule has 1 unspecified atom stereocenters. The Bertz CT molecular complexity index is 641. The maximum absolute atomic E-state index is 12.0. The van der Waals surface area contributed by atoms with Crippen LogP contribution in [0.3, 0.4) is 0 Å². The summed E-state index contributed by atoms with van der Waals surface area (Å²) in [6.07, 6.45) is -0.840. The van der Waals surface area contributed by atoms with Crippen molar-refractivity contribution < 1.29 is 13.5 Å². The molecule has 1 aromatic carbocycles. The molecule has 0 radical (unpaired) electrons. The molecule has 0 bridgehead atoms. The lowest BCUT2D eigenvalue weighted by Gasteiger charge is -2.11. The van der Waals surface area contributed by atoms with E-state index in [0.29, 0.717) is 10.0 Å². The Morgan fingerprint density at radius 2 is 2.16 bits per heavy atom. The van der Waals surface area contributed by atoms with Gasteiger partial charge in [-0.3, -0.25) is 0 Å². The number of aliphatic hydroxyl groups excluding tert-OH is 1. The van der Waals surface area contributed by atoms with E-state index in [1.807, 2.05) is 5.38 Å². The second kappa shape index (κ2) is 6.15. The predicted octanol–water partition coefficient (Wildman–Crippen LogP) is 2.52. The van der Waals surface area contributed by atoms with Gasteiger partial charge in [0, 0.05) is 11.0 Å². The molecule has 7 heteroatoms. The molecule has 0 amide bonds. The normalized spacial score (nSPS) is 13.4. The lowest BCUT2D eigenvalue weighted by Crippen LogP contribution is -2.28. The van der Waals surface area contributed by atoms with Gasteiger partial charge in [0.1, 0.15) is 0 Å². The van der Waals surface area contributed by atoms with Crippen LogP contribution in [0.25, 0.3) is 0 Å². The van der Waals surface area contributed by atoms with E-state index < -0.39 is 16.1 Å². The third kappa shape index (κ3) is 3.87. The summed E-state index contributed by atoms with van der Waals surface area (Å²) in [5.74, 6) is 0. The van der Waals surface area contributed by atoms with E-state index in [0.717, 1.165) is 0 Å². The zero-order valence-corrected chi connectivity index (χ0v) is 13.0. The molecular formula is C12H12BrNO3S2. The van der Waals surface area contributed by atoms with Crippen LogP contribution in [0.5, 0.6) is 0 Å². The van der Waals surface area contributed by atoms with Crippen molar-refractivity contribution in [2.75, 3.05) is 6.54 Å². The first-order valence-corrected chi connectivity index (χ1v) is 8.66. The van der Waals surface area contributed by atoms with Crippen molar-refractivity contribution in [1.29, 1.82) is 0 Å². The topological polar surface area (TPSA) is 66.4 Å². The minimum absolute atomic E-state index is 0.0500. The van der Waals surface area contributed by atoms with Crippen molar-refractivity contribution in [3.63, 3.8) is 0 Å². The van der Waals surface area contributed by atoms with Gasteiger partial charge < -0.3 is 5.11 Å². The highest BCUT2D eigenvalue weighted by Gasteiger charge is 2.17. The Morgan fingerprint density at radius 3 is 2.79 bits per heavy atom. The lowest BCUT2D eigenvalue weighted by molar-refractivity contribution is 0.182. The standard InChI is InChI=1S/C12H12BrNO3S2/c13-10-2-1-3-11(6-10)19(16,17)14-7-12(15)9-4-5-18-8-9/h1-6,8,12,14-15H,7H2. The van der Waals surface area contributed by atoms with Gasteiger partial charge in [-0.2, -0.15) is 11.3 Å². The molecule has 0 spiro atoms. The molecule has 2 N–H and O–H groups in total. The summed E-state index contributed by atoms with van der Waals surface area (Å²) in [5, 5.41) is 13.5. The molecular weight excluding hydrogens is 350 g/mol. The van der Waals surface area contributed by atoms with E-state index in [2.05, 4.69) is 20.7 Å². The number of sulfonamides is 1. The molecule has 4 nitrogen and oxygen atoms in total. The van der Waals surface area contributed by atoms with E-state index in [1.165, 1.54) is 23.5 Å². The Balaban J connectivity index is 2.06. The largest absolute Gasteiger partial charge is 0.387 e. The van der Waals surface area contributed by atoms with Crippen LogP contribution in [0, 0.1) is 0 Å². The molecule has 0 aliphatic heterocycles. The summed E-state index contributed by atoms with van der Waals surface area (Å²) in [6.45, 7) is -0.0500. The van der Waals surface area contributed by atoms with E-state index >= 15 is 0 Å². The van der Waals surface area contributed by atoms with Crippen LogP contribution in [-0.4, -0.2) is 20.1 Å². The number of benzene rings is 1. The van der Waals surface area contributed by atoms with Crippen molar-refractivity contribution in [2.45, 2.75) is 11.0 Å². The number of nitrogens with one attached hydrogen (secondary N) is 1. The van der Waals surface area contributed by atoms with Gasteiger partial charge in [-0.25, -0.2) is 13.1 Å². The maximum Gasteiger partial charge on any atom is 0.240 e. The molecule has 0 aliphatic rings. The van der Waals surface area contributed by atoms with Crippen molar-refractivity contribution in [2.24, 2.45) is 0 Å². The van der Waals surface area contributed by atoms with Crippen LogP contribution in [0.15, 0.2) is 50.5 Å². The van der Waals surface area contributed by atoms with Gasteiger partial charge in [-0.15, -0.1) is 0 Å². The molecule has 0 saturated carbocycles. The SMILES string of the molecule is O=S(=O)(NCC(O)c1ccsc1)c1cccc(Br)c1. The Kier molecular flexibility index (Phi) is 4.75. The van der Waals surface area contributed by atoms with E-state index in [-0.39, 0.29) is 11.4 Å². The van der Waals surface area contributed by atoms with Crippen LogP contribution in [0.4, 0.5) is 0 Å². The zero-order chi connectivity index (χ0) is 13.9. The zero-order valence-electron chi connectivity index (χ0n) is 9.78. The van der Waals surface area contributed by atoms with Gasteiger partial charge in [0.15, 0.2) is 0 Å². The summed E-state index contributed by atoms with van der Waals surface area (Å²) >= 11 is 4.68. The minimum Gasteiger partial charge on any atom is -0.387 e. The molecule has 102 valence electrons. The molecule has 2 aromatic rings. The van der Waals surface area contributed by atoms with Crippen molar-refractivity contribution in [3.8, 4) is 0 Å². The average molecular weight is 362 g/mol. The number of aliphatic hydroxyl groups is 1. The van der Waals surface area contributed by atoms with E-state index in [4.69, 9.17) is 0 Å². The van der Waals surface area contributed by atoms with E-state index in [1.54, 1.807) is 23.6 Å². The first-order chi connectivity index (χ1) is 8.99. The first-order valence-electron chi connectivity index (χ1n) is 5.44. The number of halogens is 1. The van der Waals surface area contributed by atoms with Crippen LogP contribution in [-0.2, 0) is 10.0 Å². The fraction of sp³-hybridized carbons (Fsp3) is 0.167. The van der Waals surface area contributed by atoms with Crippen LogP contribution in [0.1, 0.15) is 11.7 Å². The highest BCUT2D eigenvalue weighted by atomic mass is 79.9. The summed E-state index contributed by atoms with van der Waals surface area (Å²) in [4.78, 5) is 0.166. The van der Waals surface area contributed by atoms with Crippen LogP contribution < -0.4 is 4.72 Å². The average Bonchev–Trinajstić information content (AvgIpc) is 2.90. The fourth-order valence-electron chi connectivity index (χ4n) is 1.49. The number of hydrogen-bond acceptors (Lipinski definition) is 4. The third-order valence-electron chi connectivity index (χ3n) is 2.50. The molecule has 1 atom stereocenters. The Hall–Kier alpha value is -0.730. The summed E-state index contributed by atoms with van der Waals surface area (Å²) in [6, 6.07) is 8.18. The van der Waals surface area contributed by atoms with Gasteiger partial charge in [-0.05, 0) is 40.6 Å². The predicted molar refractivity (Wildman–Crippen MR) is 78.6 cm³/mol. The summed E-state index contributed by atoms with van der Waals surface area (Å²) in [5.41, 5.74) is 0.710. The molecule has 0 fully saturated rings. The highest BCUT2D eigenvalue weighted by Crippen LogP contribution is 2.18. The molecule has 1 aromatic heterocycles. The molecule has 0 aliphatic carbocycles. The van der Waals surface area contributed by atoms with Gasteiger partial charge in [0.2, 0.25) is 10.0 Å². The molecule has 1 heterocycles. The molecule has 2 rings (SSSR count). The summed E-state index contributed by atoms with van der Waals surface area (Å²) < 4.78 is 27.1. The number of thiophene rings is 1. The number of rotatable bonds is 5. The maximum atomic E-state index is 12.0. The Morgan fingerprint density at radius 1 is 1.37 bits per heavy atom. The van der Waals surface area contributed by atoms with Gasteiger partial charge in [-0.1, -0.05) is 22.0 Å².